The summed E-state index contributed by atoms with van der Waals surface area (Å²) in [5.74, 6) is -0.433. The molecule has 0 aliphatic heterocycles. The van der Waals surface area contributed by atoms with Gasteiger partial charge in [-0.3, -0.25) is 4.79 Å². The molecule has 92 valence electrons. The molecule has 0 radical (unpaired) electrons. The van der Waals surface area contributed by atoms with Crippen molar-refractivity contribution in [3.8, 4) is 0 Å². The van der Waals surface area contributed by atoms with Gasteiger partial charge in [-0.05, 0) is 38.5 Å². The Morgan fingerprint density at radius 1 is 1.41 bits per heavy atom. The minimum Gasteiger partial charge on any atom is -0.462 e. The topological polar surface area (TPSA) is 43.4 Å². The maximum Gasteiger partial charge on any atom is 0.338 e. The van der Waals surface area contributed by atoms with E-state index in [2.05, 4.69) is 15.9 Å². The van der Waals surface area contributed by atoms with Crippen molar-refractivity contribution in [3.63, 3.8) is 0 Å². The minimum atomic E-state index is -0.399. The standard InChI is InChI=1S/C13H15BrO3/c1-4-17-13(16)10-6-5-8(2)11(7-10)12(15)9(3)14/h5-7,9H,4H2,1-3H3. The maximum absolute atomic E-state index is 11.9. The Hall–Kier alpha value is -1.16. The third-order valence-electron chi connectivity index (χ3n) is 2.38. The van der Waals surface area contributed by atoms with Gasteiger partial charge in [0.15, 0.2) is 5.78 Å². The molecule has 0 aliphatic rings. The molecule has 0 N–H and O–H groups in total. The predicted molar refractivity (Wildman–Crippen MR) is 69.9 cm³/mol. The molecule has 0 spiro atoms. The monoisotopic (exact) mass is 298 g/mol. The second-order valence-corrected chi connectivity index (χ2v) is 5.10. The Morgan fingerprint density at radius 3 is 2.59 bits per heavy atom. The van der Waals surface area contributed by atoms with Gasteiger partial charge in [-0.15, -0.1) is 0 Å². The van der Waals surface area contributed by atoms with Crippen molar-refractivity contribution in [2.75, 3.05) is 6.61 Å². The second kappa shape index (κ2) is 5.96. The first-order valence-corrected chi connectivity index (χ1v) is 6.35. The van der Waals surface area contributed by atoms with E-state index >= 15 is 0 Å². The summed E-state index contributed by atoms with van der Waals surface area (Å²) in [6, 6.07) is 5.02. The van der Waals surface area contributed by atoms with Crippen molar-refractivity contribution in [2.45, 2.75) is 25.6 Å². The molecule has 1 atom stereocenters. The Bertz CT molecular complexity index is 438. The number of ketones is 1. The first-order chi connectivity index (χ1) is 7.97. The van der Waals surface area contributed by atoms with Gasteiger partial charge in [0.05, 0.1) is 17.0 Å². The zero-order chi connectivity index (χ0) is 13.0. The first kappa shape index (κ1) is 13.9. The average Bonchev–Trinajstić information content (AvgIpc) is 2.28. The lowest BCUT2D eigenvalue weighted by Gasteiger charge is -2.09. The van der Waals surface area contributed by atoms with E-state index in [-0.39, 0.29) is 10.6 Å². The van der Waals surface area contributed by atoms with E-state index in [1.54, 1.807) is 32.0 Å². The molecule has 1 aromatic carbocycles. The third-order valence-corrected chi connectivity index (χ3v) is 2.79. The lowest BCUT2D eigenvalue weighted by molar-refractivity contribution is 0.0526. The van der Waals surface area contributed by atoms with E-state index in [0.717, 1.165) is 5.56 Å². The summed E-state index contributed by atoms with van der Waals surface area (Å²) in [5, 5.41) is 0. The maximum atomic E-state index is 11.9. The Morgan fingerprint density at radius 2 is 2.06 bits per heavy atom. The summed E-state index contributed by atoms with van der Waals surface area (Å²) in [6.07, 6.45) is 0. The number of esters is 1. The molecule has 0 aliphatic carbocycles. The van der Waals surface area contributed by atoms with Crippen molar-refractivity contribution in [1.82, 2.24) is 0 Å². The highest BCUT2D eigenvalue weighted by Crippen LogP contribution is 2.17. The van der Waals surface area contributed by atoms with Crippen LogP contribution < -0.4 is 0 Å². The van der Waals surface area contributed by atoms with Gasteiger partial charge < -0.3 is 4.74 Å². The zero-order valence-corrected chi connectivity index (χ0v) is 11.7. The minimum absolute atomic E-state index is 0.0337. The highest BCUT2D eigenvalue weighted by molar-refractivity contribution is 9.10. The number of benzene rings is 1. The van der Waals surface area contributed by atoms with Crippen LogP contribution in [0.15, 0.2) is 18.2 Å². The van der Waals surface area contributed by atoms with E-state index in [9.17, 15) is 9.59 Å². The first-order valence-electron chi connectivity index (χ1n) is 5.43. The van der Waals surface area contributed by atoms with Crippen molar-refractivity contribution in [3.05, 3.63) is 34.9 Å². The van der Waals surface area contributed by atoms with Gasteiger partial charge in [0.2, 0.25) is 0 Å². The molecule has 17 heavy (non-hydrogen) atoms. The van der Waals surface area contributed by atoms with E-state index in [1.165, 1.54) is 0 Å². The van der Waals surface area contributed by atoms with Crippen LogP contribution in [0.3, 0.4) is 0 Å². The van der Waals surface area contributed by atoms with Crippen LogP contribution in [-0.2, 0) is 4.74 Å². The second-order valence-electron chi connectivity index (χ2n) is 3.73. The number of hydrogen-bond acceptors (Lipinski definition) is 3. The summed E-state index contributed by atoms with van der Waals surface area (Å²) >= 11 is 3.24. The fourth-order valence-electron chi connectivity index (χ4n) is 1.44. The van der Waals surface area contributed by atoms with Crippen LogP contribution in [0, 0.1) is 6.92 Å². The quantitative estimate of drug-likeness (QED) is 0.487. The number of aryl methyl sites for hydroxylation is 1. The Balaban J connectivity index is 3.10. The number of halogens is 1. The molecule has 0 amide bonds. The SMILES string of the molecule is CCOC(=O)c1ccc(C)c(C(=O)C(C)Br)c1. The van der Waals surface area contributed by atoms with Crippen LogP contribution in [0.4, 0.5) is 0 Å². The van der Waals surface area contributed by atoms with Gasteiger partial charge in [0.1, 0.15) is 0 Å². The van der Waals surface area contributed by atoms with Gasteiger partial charge in [-0.25, -0.2) is 4.79 Å². The number of rotatable bonds is 4. The largest absolute Gasteiger partial charge is 0.462 e. The molecule has 3 nitrogen and oxygen atoms in total. The Kier molecular flexibility index (Phi) is 4.87. The van der Waals surface area contributed by atoms with Crippen molar-refractivity contribution < 1.29 is 14.3 Å². The molecule has 0 aromatic heterocycles. The van der Waals surface area contributed by atoms with Gasteiger partial charge in [-0.2, -0.15) is 0 Å². The summed E-state index contributed by atoms with van der Waals surface area (Å²) in [6.45, 7) is 5.68. The lowest BCUT2D eigenvalue weighted by Crippen LogP contribution is -2.13. The molecule has 1 rings (SSSR count). The summed E-state index contributed by atoms with van der Waals surface area (Å²) in [4.78, 5) is 23.2. The number of Topliss-reactive ketones (excluding diaryl/α,β-unsaturated/α-hetero) is 1. The van der Waals surface area contributed by atoms with Gasteiger partial charge in [0.25, 0.3) is 0 Å². The van der Waals surface area contributed by atoms with Crippen molar-refractivity contribution >= 4 is 27.7 Å². The Labute approximate surface area is 109 Å². The highest BCUT2D eigenvalue weighted by Gasteiger charge is 2.17. The highest BCUT2D eigenvalue weighted by atomic mass is 79.9. The van der Waals surface area contributed by atoms with Crippen molar-refractivity contribution in [1.29, 1.82) is 0 Å². The number of carbonyl (C=O) groups excluding carboxylic acids is 2. The predicted octanol–water partition coefficient (Wildman–Crippen LogP) is 3.14. The summed E-state index contributed by atoms with van der Waals surface area (Å²) < 4.78 is 4.90. The molecule has 0 bridgehead atoms. The molecule has 0 heterocycles. The van der Waals surface area contributed by atoms with Gasteiger partial charge in [-0.1, -0.05) is 22.0 Å². The lowest BCUT2D eigenvalue weighted by atomic mass is 10.0. The van der Waals surface area contributed by atoms with E-state index in [0.29, 0.717) is 17.7 Å². The number of carbonyl (C=O) groups is 2. The van der Waals surface area contributed by atoms with Gasteiger partial charge >= 0.3 is 5.97 Å². The summed E-state index contributed by atoms with van der Waals surface area (Å²) in [7, 11) is 0. The number of ether oxygens (including phenoxy) is 1. The fraction of sp³-hybridized carbons (Fsp3) is 0.385. The molecule has 1 aromatic rings. The average molecular weight is 299 g/mol. The molecule has 0 saturated carbocycles. The fourth-order valence-corrected chi connectivity index (χ4v) is 1.69. The van der Waals surface area contributed by atoms with E-state index < -0.39 is 5.97 Å². The number of hydrogen-bond donors (Lipinski definition) is 0. The van der Waals surface area contributed by atoms with Gasteiger partial charge in [0, 0.05) is 5.56 Å². The molecule has 0 saturated heterocycles. The normalized spacial score (nSPS) is 12.0. The van der Waals surface area contributed by atoms with Crippen LogP contribution in [0.25, 0.3) is 0 Å². The molecule has 0 fully saturated rings. The van der Waals surface area contributed by atoms with E-state index in [1.807, 2.05) is 6.92 Å². The van der Waals surface area contributed by atoms with Crippen LogP contribution in [0.2, 0.25) is 0 Å². The third kappa shape index (κ3) is 3.40. The molecule has 4 heteroatoms. The summed E-state index contributed by atoms with van der Waals surface area (Å²) in [5.41, 5.74) is 1.82. The number of alkyl halides is 1. The van der Waals surface area contributed by atoms with Crippen LogP contribution in [0.5, 0.6) is 0 Å². The molecule has 1 unspecified atom stereocenters. The van der Waals surface area contributed by atoms with Crippen LogP contribution in [-0.4, -0.2) is 23.2 Å². The molecular weight excluding hydrogens is 284 g/mol. The molecular formula is C13H15BrO3. The van der Waals surface area contributed by atoms with Crippen molar-refractivity contribution in [2.24, 2.45) is 0 Å². The zero-order valence-electron chi connectivity index (χ0n) is 10.1. The van der Waals surface area contributed by atoms with Crippen LogP contribution >= 0.6 is 15.9 Å². The van der Waals surface area contributed by atoms with Crippen LogP contribution in [0.1, 0.15) is 40.1 Å². The smallest absolute Gasteiger partial charge is 0.338 e. The van der Waals surface area contributed by atoms with E-state index in [4.69, 9.17) is 4.74 Å².